The molecular formula is C19H26N4O3S. The largest absolute Gasteiger partial charge is 0.355 e. The van der Waals surface area contributed by atoms with Gasteiger partial charge in [0.2, 0.25) is 5.91 Å². The fourth-order valence-corrected chi connectivity index (χ4v) is 4.73. The minimum Gasteiger partial charge on any atom is -0.355 e. The average molecular weight is 391 g/mol. The van der Waals surface area contributed by atoms with Crippen molar-refractivity contribution in [3.05, 3.63) is 48.4 Å². The number of aromatic nitrogens is 2. The molecule has 1 aromatic carbocycles. The molecule has 7 nitrogen and oxygen atoms in total. The van der Waals surface area contributed by atoms with Crippen LogP contribution in [0.4, 0.5) is 0 Å². The van der Waals surface area contributed by atoms with Gasteiger partial charge in [-0.1, -0.05) is 30.3 Å². The van der Waals surface area contributed by atoms with Crippen molar-refractivity contribution in [2.24, 2.45) is 5.92 Å². The number of rotatable bonds is 7. The first-order valence-corrected chi connectivity index (χ1v) is 10.8. The summed E-state index contributed by atoms with van der Waals surface area (Å²) in [4.78, 5) is 16.5. The molecule has 1 amide bonds. The molecule has 0 radical (unpaired) electrons. The van der Waals surface area contributed by atoms with Crippen molar-refractivity contribution < 1.29 is 13.2 Å². The predicted octanol–water partition coefficient (Wildman–Crippen LogP) is 1.66. The minimum atomic E-state index is -3.66. The molecule has 1 fully saturated rings. The van der Waals surface area contributed by atoms with Crippen LogP contribution in [-0.4, -0.2) is 47.8 Å². The van der Waals surface area contributed by atoms with Crippen molar-refractivity contribution in [3.8, 4) is 0 Å². The van der Waals surface area contributed by atoms with Gasteiger partial charge in [0.1, 0.15) is 0 Å². The van der Waals surface area contributed by atoms with Crippen LogP contribution < -0.4 is 5.32 Å². The summed E-state index contributed by atoms with van der Waals surface area (Å²) in [6.45, 7) is 3.77. The Morgan fingerprint density at radius 1 is 1.30 bits per heavy atom. The second-order valence-electron chi connectivity index (χ2n) is 6.77. The van der Waals surface area contributed by atoms with Gasteiger partial charge in [0.25, 0.3) is 10.0 Å². The van der Waals surface area contributed by atoms with Gasteiger partial charge in [0.15, 0.2) is 5.03 Å². The summed E-state index contributed by atoms with van der Waals surface area (Å²) in [6, 6.07) is 9.96. The highest BCUT2D eigenvalue weighted by atomic mass is 32.2. The lowest BCUT2D eigenvalue weighted by atomic mass is 9.99. The topological polar surface area (TPSA) is 84.3 Å². The summed E-state index contributed by atoms with van der Waals surface area (Å²) in [5.41, 5.74) is 1.16. The first kappa shape index (κ1) is 19.6. The number of imidazole rings is 1. The number of sulfonamides is 1. The summed E-state index contributed by atoms with van der Waals surface area (Å²) in [5, 5.41) is 3.00. The number of amides is 1. The van der Waals surface area contributed by atoms with E-state index in [9.17, 15) is 13.2 Å². The van der Waals surface area contributed by atoms with E-state index in [2.05, 4.69) is 10.3 Å². The van der Waals surface area contributed by atoms with E-state index < -0.39 is 10.0 Å². The Morgan fingerprint density at radius 3 is 2.78 bits per heavy atom. The lowest BCUT2D eigenvalue weighted by Gasteiger charge is -2.30. The van der Waals surface area contributed by atoms with Crippen molar-refractivity contribution in [3.63, 3.8) is 0 Å². The van der Waals surface area contributed by atoms with Crippen molar-refractivity contribution in [2.75, 3.05) is 19.6 Å². The summed E-state index contributed by atoms with van der Waals surface area (Å²) in [7, 11) is -3.66. The maximum absolute atomic E-state index is 12.8. The third kappa shape index (κ3) is 4.75. The summed E-state index contributed by atoms with van der Waals surface area (Å²) in [6.07, 6.45) is 5.19. The Hall–Kier alpha value is -2.19. The molecule has 1 aromatic heterocycles. The van der Waals surface area contributed by atoms with Crippen LogP contribution in [0, 0.1) is 5.92 Å². The van der Waals surface area contributed by atoms with Gasteiger partial charge in [0.05, 0.1) is 12.2 Å². The van der Waals surface area contributed by atoms with Crippen LogP contribution in [0.25, 0.3) is 0 Å². The number of nitrogens with zero attached hydrogens (tertiary/aromatic N) is 3. The van der Waals surface area contributed by atoms with Gasteiger partial charge in [-0.05, 0) is 31.7 Å². The van der Waals surface area contributed by atoms with Crippen LogP contribution in [0.3, 0.4) is 0 Å². The Kier molecular flexibility index (Phi) is 6.28. The molecule has 8 heteroatoms. The molecule has 1 N–H and O–H groups in total. The molecule has 1 aliphatic heterocycles. The molecule has 0 unspecified atom stereocenters. The first-order valence-electron chi connectivity index (χ1n) is 9.34. The maximum Gasteiger partial charge on any atom is 0.262 e. The second-order valence-corrected chi connectivity index (χ2v) is 8.66. The number of aryl methyl sites for hydroxylation is 1. The molecule has 27 heavy (non-hydrogen) atoms. The molecule has 1 saturated heterocycles. The van der Waals surface area contributed by atoms with Crippen LogP contribution in [0.5, 0.6) is 0 Å². The lowest BCUT2D eigenvalue weighted by Crippen LogP contribution is -2.45. The zero-order chi connectivity index (χ0) is 19.3. The van der Waals surface area contributed by atoms with Gasteiger partial charge in [-0.15, -0.1) is 0 Å². The van der Waals surface area contributed by atoms with Crippen LogP contribution in [-0.2, 0) is 27.8 Å². The van der Waals surface area contributed by atoms with Crippen molar-refractivity contribution in [1.82, 2.24) is 19.2 Å². The van der Waals surface area contributed by atoms with E-state index in [1.54, 1.807) is 10.8 Å². The molecule has 0 spiro atoms. The molecule has 2 heterocycles. The van der Waals surface area contributed by atoms with E-state index in [4.69, 9.17) is 0 Å². The molecule has 0 bridgehead atoms. The van der Waals surface area contributed by atoms with Gasteiger partial charge in [0, 0.05) is 32.4 Å². The normalized spacial score (nSPS) is 18.3. The van der Waals surface area contributed by atoms with Gasteiger partial charge < -0.3 is 9.88 Å². The highest BCUT2D eigenvalue weighted by Crippen LogP contribution is 2.23. The molecule has 1 atom stereocenters. The number of carbonyl (C=O) groups excluding carboxylic acids is 1. The summed E-state index contributed by atoms with van der Waals surface area (Å²) >= 11 is 0. The molecule has 146 valence electrons. The highest BCUT2D eigenvalue weighted by molar-refractivity contribution is 7.89. The first-order chi connectivity index (χ1) is 13.0. The van der Waals surface area contributed by atoms with Crippen molar-refractivity contribution in [1.29, 1.82) is 0 Å². The molecule has 3 rings (SSSR count). The van der Waals surface area contributed by atoms with E-state index in [0.717, 1.165) is 12.0 Å². The Morgan fingerprint density at radius 2 is 2.07 bits per heavy atom. The number of hydrogen-bond donors (Lipinski definition) is 1. The van der Waals surface area contributed by atoms with Crippen LogP contribution in [0.15, 0.2) is 47.9 Å². The minimum absolute atomic E-state index is 0.0504. The van der Waals surface area contributed by atoms with Crippen LogP contribution >= 0.6 is 0 Å². The average Bonchev–Trinajstić information content (AvgIpc) is 3.19. The quantitative estimate of drug-likeness (QED) is 0.779. The SMILES string of the molecule is CCn1cnc(S(=O)(=O)N2CCC[C@H](C(=O)NCCc3ccccc3)C2)c1. The summed E-state index contributed by atoms with van der Waals surface area (Å²) < 4.78 is 28.7. The van der Waals surface area contributed by atoms with Crippen LogP contribution in [0.2, 0.25) is 0 Å². The lowest BCUT2D eigenvalue weighted by molar-refractivity contribution is -0.126. The third-order valence-electron chi connectivity index (χ3n) is 4.89. The smallest absolute Gasteiger partial charge is 0.262 e. The van der Waals surface area contributed by atoms with E-state index in [0.29, 0.717) is 32.5 Å². The van der Waals surface area contributed by atoms with Gasteiger partial charge in [-0.2, -0.15) is 4.31 Å². The van der Waals surface area contributed by atoms with Gasteiger partial charge in [-0.3, -0.25) is 4.79 Å². The number of piperidine rings is 1. The third-order valence-corrected chi connectivity index (χ3v) is 6.64. The monoisotopic (exact) mass is 390 g/mol. The zero-order valence-electron chi connectivity index (χ0n) is 15.5. The molecular weight excluding hydrogens is 364 g/mol. The molecule has 0 aliphatic carbocycles. The second kappa shape index (κ2) is 8.67. The van der Waals surface area contributed by atoms with Crippen LogP contribution in [0.1, 0.15) is 25.3 Å². The number of nitrogens with one attached hydrogen (secondary N) is 1. The number of benzene rings is 1. The van der Waals surface area contributed by atoms with E-state index >= 15 is 0 Å². The highest BCUT2D eigenvalue weighted by Gasteiger charge is 2.34. The van der Waals surface area contributed by atoms with E-state index in [1.807, 2.05) is 37.3 Å². The molecule has 2 aromatic rings. The molecule has 1 aliphatic rings. The van der Waals surface area contributed by atoms with Gasteiger partial charge in [-0.25, -0.2) is 13.4 Å². The van der Waals surface area contributed by atoms with E-state index in [-0.39, 0.29) is 23.4 Å². The Labute approximate surface area is 160 Å². The zero-order valence-corrected chi connectivity index (χ0v) is 16.4. The Balaban J connectivity index is 1.57. The van der Waals surface area contributed by atoms with Crippen molar-refractivity contribution >= 4 is 15.9 Å². The van der Waals surface area contributed by atoms with Crippen molar-refractivity contribution in [2.45, 2.75) is 37.8 Å². The molecule has 0 saturated carbocycles. The Bertz CT molecular complexity index is 864. The standard InChI is InChI=1S/C19H26N4O3S/c1-2-22-14-18(21-15-22)27(25,26)23-12-6-9-17(13-23)19(24)20-11-10-16-7-4-3-5-8-16/h3-5,7-8,14-15,17H,2,6,9-13H2,1H3,(H,20,24)/t17-/m0/s1. The fraction of sp³-hybridized carbons (Fsp3) is 0.474. The maximum atomic E-state index is 12.8. The number of hydrogen-bond acceptors (Lipinski definition) is 4. The number of carbonyl (C=O) groups is 1. The van der Waals surface area contributed by atoms with Gasteiger partial charge >= 0.3 is 0 Å². The van der Waals surface area contributed by atoms with E-state index in [1.165, 1.54) is 10.6 Å². The predicted molar refractivity (Wildman–Crippen MR) is 103 cm³/mol. The fourth-order valence-electron chi connectivity index (χ4n) is 3.27. The summed E-state index contributed by atoms with van der Waals surface area (Å²) in [5.74, 6) is -0.400.